The maximum Gasteiger partial charge on any atom is 0.231 e. The van der Waals surface area contributed by atoms with E-state index in [-0.39, 0.29) is 6.79 Å². The molecular weight excluding hydrogens is 368 g/mol. The molecule has 1 fully saturated rings. The van der Waals surface area contributed by atoms with E-state index >= 15 is 0 Å². The molecule has 1 saturated heterocycles. The zero-order valence-electron chi connectivity index (χ0n) is 15.9. The third-order valence-electron chi connectivity index (χ3n) is 4.75. The number of ether oxygens (including phenoxy) is 7. The van der Waals surface area contributed by atoms with Crippen LogP contribution in [0.3, 0.4) is 0 Å². The molecule has 1 atom stereocenters. The monoisotopic (exact) mass is 390 g/mol. The Morgan fingerprint density at radius 2 is 1.50 bits per heavy atom. The van der Waals surface area contributed by atoms with E-state index in [0.717, 1.165) is 0 Å². The lowest BCUT2D eigenvalue weighted by molar-refractivity contribution is -0.0457. The summed E-state index contributed by atoms with van der Waals surface area (Å²) in [5.41, 5.74) is 1.83. The normalized spacial score (nSPS) is 16.9. The average molecular weight is 390 g/mol. The second-order valence-electron chi connectivity index (χ2n) is 6.27. The molecule has 8 nitrogen and oxygen atoms in total. The van der Waals surface area contributed by atoms with Crippen LogP contribution < -0.4 is 23.7 Å². The molecule has 28 heavy (non-hydrogen) atoms. The number of hydrogen-bond donors (Lipinski definition) is 1. The average Bonchev–Trinajstić information content (AvgIpc) is 3.42. The Morgan fingerprint density at radius 1 is 0.893 bits per heavy atom. The second-order valence-corrected chi connectivity index (χ2v) is 6.27. The number of benzene rings is 2. The highest BCUT2D eigenvalue weighted by molar-refractivity contribution is 5.57. The van der Waals surface area contributed by atoms with Crippen LogP contribution in [-0.4, -0.2) is 46.4 Å². The highest BCUT2D eigenvalue weighted by atomic mass is 16.7. The van der Waals surface area contributed by atoms with Crippen molar-refractivity contribution >= 4 is 0 Å². The predicted molar refractivity (Wildman–Crippen MR) is 97.4 cm³/mol. The number of fused-ring (bicyclic) bond motifs is 1. The summed E-state index contributed by atoms with van der Waals surface area (Å²) in [6.07, 6.45) is -1.59. The van der Waals surface area contributed by atoms with Gasteiger partial charge in [-0.15, -0.1) is 0 Å². The molecule has 2 aliphatic rings. The van der Waals surface area contributed by atoms with Crippen molar-refractivity contribution in [3.8, 4) is 28.7 Å². The van der Waals surface area contributed by atoms with Crippen LogP contribution in [0.5, 0.6) is 28.7 Å². The van der Waals surface area contributed by atoms with E-state index in [1.165, 1.54) is 21.3 Å². The van der Waals surface area contributed by atoms with Crippen LogP contribution in [0.2, 0.25) is 0 Å². The number of rotatable bonds is 6. The second kappa shape index (κ2) is 7.75. The third-order valence-corrected chi connectivity index (χ3v) is 4.75. The van der Waals surface area contributed by atoms with Gasteiger partial charge in [-0.2, -0.15) is 0 Å². The molecule has 4 rings (SSSR count). The molecule has 0 aliphatic carbocycles. The van der Waals surface area contributed by atoms with E-state index < -0.39 is 12.4 Å². The lowest BCUT2D eigenvalue weighted by Gasteiger charge is -2.21. The first-order valence-electron chi connectivity index (χ1n) is 8.81. The molecule has 0 amide bonds. The zero-order valence-corrected chi connectivity index (χ0v) is 15.9. The molecular formula is C20H22O8. The molecule has 0 radical (unpaired) electrons. The van der Waals surface area contributed by atoms with Crippen LogP contribution >= 0.6 is 0 Å². The van der Waals surface area contributed by atoms with Gasteiger partial charge >= 0.3 is 0 Å². The van der Waals surface area contributed by atoms with Gasteiger partial charge in [0.2, 0.25) is 12.5 Å². The van der Waals surface area contributed by atoms with Gasteiger partial charge in [-0.1, -0.05) is 0 Å². The van der Waals surface area contributed by atoms with Crippen LogP contribution in [0, 0.1) is 0 Å². The first-order valence-corrected chi connectivity index (χ1v) is 8.81. The van der Waals surface area contributed by atoms with Crippen molar-refractivity contribution in [3.63, 3.8) is 0 Å². The summed E-state index contributed by atoms with van der Waals surface area (Å²) in [5, 5.41) is 11.2. The highest BCUT2D eigenvalue weighted by Gasteiger charge is 2.30. The maximum atomic E-state index is 11.2. The fourth-order valence-electron chi connectivity index (χ4n) is 3.39. The van der Waals surface area contributed by atoms with Crippen molar-refractivity contribution in [2.75, 3.05) is 41.3 Å². The van der Waals surface area contributed by atoms with E-state index in [1.54, 1.807) is 24.3 Å². The predicted octanol–water partition coefficient (Wildman–Crippen LogP) is 2.57. The summed E-state index contributed by atoms with van der Waals surface area (Å²) < 4.78 is 38.4. The van der Waals surface area contributed by atoms with E-state index in [2.05, 4.69) is 0 Å². The Labute approximate surface area is 162 Å². The van der Waals surface area contributed by atoms with E-state index in [0.29, 0.717) is 58.7 Å². The van der Waals surface area contributed by atoms with Gasteiger partial charge in [0.05, 0.1) is 34.5 Å². The molecule has 2 aliphatic heterocycles. The topological polar surface area (TPSA) is 84.8 Å². The minimum absolute atomic E-state index is 0.130. The number of methoxy groups -OCH3 is 3. The minimum atomic E-state index is -1.01. The van der Waals surface area contributed by atoms with Gasteiger partial charge in [-0.3, -0.25) is 0 Å². The highest BCUT2D eigenvalue weighted by Crippen LogP contribution is 2.45. The molecule has 0 saturated carbocycles. The smallest absolute Gasteiger partial charge is 0.231 e. The van der Waals surface area contributed by atoms with Crippen molar-refractivity contribution in [1.29, 1.82) is 0 Å². The first-order chi connectivity index (χ1) is 13.7. The number of aliphatic hydroxyl groups excluding tert-OH is 1. The molecule has 0 bridgehead atoms. The van der Waals surface area contributed by atoms with Gasteiger partial charge in [0.1, 0.15) is 6.10 Å². The molecule has 0 spiro atoms. The molecule has 150 valence electrons. The number of hydrogen-bond acceptors (Lipinski definition) is 8. The molecule has 2 aromatic rings. The largest absolute Gasteiger partial charge is 0.493 e. The van der Waals surface area contributed by atoms with Gasteiger partial charge in [-0.05, 0) is 35.4 Å². The molecule has 1 unspecified atom stereocenters. The van der Waals surface area contributed by atoms with Crippen LogP contribution in [-0.2, 0) is 9.47 Å². The van der Waals surface area contributed by atoms with Crippen molar-refractivity contribution in [2.45, 2.75) is 12.4 Å². The Kier molecular flexibility index (Phi) is 5.17. The maximum absolute atomic E-state index is 11.2. The van der Waals surface area contributed by atoms with Gasteiger partial charge in [0, 0.05) is 5.56 Å². The van der Waals surface area contributed by atoms with Crippen molar-refractivity contribution < 1.29 is 38.3 Å². The molecule has 1 N–H and O–H groups in total. The van der Waals surface area contributed by atoms with Gasteiger partial charge in [0.15, 0.2) is 29.3 Å². The Morgan fingerprint density at radius 3 is 2.07 bits per heavy atom. The lowest BCUT2D eigenvalue weighted by atomic mass is 9.95. The lowest BCUT2D eigenvalue weighted by Crippen LogP contribution is -2.09. The third kappa shape index (κ3) is 3.19. The van der Waals surface area contributed by atoms with Crippen molar-refractivity contribution in [3.05, 3.63) is 41.0 Å². The SMILES string of the molecule is COc1cc(C(O)c2cc3c(cc2C2OCCO2)OCO3)cc(OC)c1OC. The summed E-state index contributed by atoms with van der Waals surface area (Å²) >= 11 is 0. The van der Waals surface area contributed by atoms with Crippen LogP contribution in [0.4, 0.5) is 0 Å². The van der Waals surface area contributed by atoms with Crippen LogP contribution in [0.15, 0.2) is 24.3 Å². The Hall–Kier alpha value is -2.68. The standard InChI is InChI=1S/C20H22O8/c1-22-16-6-11(7-17(23-2)19(16)24-3)18(21)12-8-14-15(28-10-27-14)9-13(12)20-25-4-5-26-20/h6-9,18,20-21H,4-5,10H2,1-3H3. The van der Waals surface area contributed by atoms with Gasteiger partial charge in [-0.25, -0.2) is 0 Å². The van der Waals surface area contributed by atoms with Gasteiger partial charge < -0.3 is 38.3 Å². The molecule has 2 aromatic carbocycles. The zero-order chi connectivity index (χ0) is 19.7. The summed E-state index contributed by atoms with van der Waals surface area (Å²) in [4.78, 5) is 0. The number of aliphatic hydroxyl groups is 1. The van der Waals surface area contributed by atoms with E-state index in [9.17, 15) is 5.11 Å². The van der Waals surface area contributed by atoms with Crippen LogP contribution in [0.1, 0.15) is 29.1 Å². The summed E-state index contributed by atoms with van der Waals surface area (Å²) in [5.74, 6) is 2.51. The summed E-state index contributed by atoms with van der Waals surface area (Å²) in [7, 11) is 4.58. The molecule has 8 heteroatoms. The van der Waals surface area contributed by atoms with Crippen molar-refractivity contribution in [1.82, 2.24) is 0 Å². The summed E-state index contributed by atoms with van der Waals surface area (Å²) in [6.45, 7) is 1.10. The van der Waals surface area contributed by atoms with Crippen LogP contribution in [0.25, 0.3) is 0 Å². The van der Waals surface area contributed by atoms with E-state index in [4.69, 9.17) is 33.2 Å². The Bertz CT molecular complexity index is 835. The fraction of sp³-hybridized carbons (Fsp3) is 0.400. The minimum Gasteiger partial charge on any atom is -0.493 e. The fourth-order valence-corrected chi connectivity index (χ4v) is 3.39. The molecule has 2 heterocycles. The summed E-state index contributed by atoms with van der Waals surface area (Å²) in [6, 6.07) is 6.94. The first kappa shape index (κ1) is 18.7. The van der Waals surface area contributed by atoms with Gasteiger partial charge in [0.25, 0.3) is 0 Å². The Balaban J connectivity index is 1.80. The quantitative estimate of drug-likeness (QED) is 0.806. The van der Waals surface area contributed by atoms with Crippen molar-refractivity contribution in [2.24, 2.45) is 0 Å². The molecule has 0 aromatic heterocycles. The van der Waals surface area contributed by atoms with E-state index in [1.807, 2.05) is 0 Å².